The number of hydrogen-bond donors (Lipinski definition) is 3. The van der Waals surface area contributed by atoms with E-state index in [0.29, 0.717) is 12.2 Å². The third-order valence-corrected chi connectivity index (χ3v) is 3.81. The number of carboxylic acids is 1. The van der Waals surface area contributed by atoms with Crippen LogP contribution in [0, 0.1) is 0 Å². The van der Waals surface area contributed by atoms with Crippen molar-refractivity contribution in [2.24, 2.45) is 5.73 Å². The molecule has 18 heavy (non-hydrogen) atoms. The van der Waals surface area contributed by atoms with Crippen molar-refractivity contribution in [1.82, 2.24) is 4.98 Å². The van der Waals surface area contributed by atoms with Crippen molar-refractivity contribution in [1.29, 1.82) is 0 Å². The van der Waals surface area contributed by atoms with E-state index in [9.17, 15) is 4.79 Å². The highest BCUT2D eigenvalue weighted by molar-refractivity contribution is 7.99. The summed E-state index contributed by atoms with van der Waals surface area (Å²) in [6, 6.07) is 10.1. The third-order valence-electron chi connectivity index (χ3n) is 2.87. The van der Waals surface area contributed by atoms with E-state index in [1.165, 1.54) is 0 Å². The van der Waals surface area contributed by atoms with Crippen LogP contribution in [0.5, 0.6) is 0 Å². The van der Waals surface area contributed by atoms with Gasteiger partial charge in [0, 0.05) is 16.7 Å². The summed E-state index contributed by atoms with van der Waals surface area (Å²) in [5, 5.41) is 11.1. The second-order valence-corrected chi connectivity index (χ2v) is 5.68. The number of benzene rings is 1. The summed E-state index contributed by atoms with van der Waals surface area (Å²) in [7, 11) is 0. The SMILES string of the molecule is CC(N)(CCSc1cc2ccccc2[nH]1)C(=O)O. The molecule has 2 rings (SSSR count). The maximum atomic E-state index is 10.9. The molecule has 0 saturated heterocycles. The van der Waals surface area contributed by atoms with Gasteiger partial charge in [0.05, 0.1) is 5.03 Å². The minimum atomic E-state index is -1.15. The van der Waals surface area contributed by atoms with E-state index < -0.39 is 11.5 Å². The zero-order valence-corrected chi connectivity index (χ0v) is 11.0. The summed E-state index contributed by atoms with van der Waals surface area (Å²) < 4.78 is 0. The van der Waals surface area contributed by atoms with Gasteiger partial charge in [-0.1, -0.05) is 18.2 Å². The second-order valence-electron chi connectivity index (χ2n) is 4.54. The topological polar surface area (TPSA) is 79.1 Å². The molecule has 0 fully saturated rings. The number of rotatable bonds is 5. The van der Waals surface area contributed by atoms with E-state index in [4.69, 9.17) is 10.8 Å². The van der Waals surface area contributed by atoms with Crippen molar-refractivity contribution in [2.45, 2.75) is 23.9 Å². The van der Waals surface area contributed by atoms with Crippen LogP contribution in [0.4, 0.5) is 0 Å². The van der Waals surface area contributed by atoms with Gasteiger partial charge in [-0.15, -0.1) is 11.8 Å². The lowest BCUT2D eigenvalue weighted by Crippen LogP contribution is -2.45. The number of nitrogens with one attached hydrogen (secondary N) is 1. The fraction of sp³-hybridized carbons (Fsp3) is 0.308. The van der Waals surface area contributed by atoms with Gasteiger partial charge < -0.3 is 15.8 Å². The fourth-order valence-corrected chi connectivity index (χ4v) is 2.74. The standard InChI is InChI=1S/C13H16N2O2S/c1-13(14,12(16)17)6-7-18-11-8-9-4-2-3-5-10(9)15-11/h2-5,8,15H,6-7,14H2,1H3,(H,16,17). The Morgan fingerprint density at radius 3 is 2.89 bits per heavy atom. The van der Waals surface area contributed by atoms with E-state index in [2.05, 4.69) is 11.1 Å². The molecule has 0 bridgehead atoms. The molecule has 1 unspecified atom stereocenters. The minimum absolute atomic E-state index is 0.433. The highest BCUT2D eigenvalue weighted by Gasteiger charge is 2.27. The second kappa shape index (κ2) is 5.04. The Kier molecular flexibility index (Phi) is 3.63. The molecule has 0 saturated carbocycles. The van der Waals surface area contributed by atoms with Gasteiger partial charge in [0.2, 0.25) is 0 Å². The van der Waals surface area contributed by atoms with Gasteiger partial charge in [0.15, 0.2) is 0 Å². The number of para-hydroxylation sites is 1. The molecule has 0 spiro atoms. The van der Waals surface area contributed by atoms with Crippen molar-refractivity contribution < 1.29 is 9.90 Å². The average Bonchev–Trinajstić information content (AvgIpc) is 2.70. The van der Waals surface area contributed by atoms with Crippen LogP contribution in [0.2, 0.25) is 0 Å². The summed E-state index contributed by atoms with van der Waals surface area (Å²) in [6.45, 7) is 1.54. The van der Waals surface area contributed by atoms with Gasteiger partial charge in [-0.3, -0.25) is 4.79 Å². The number of H-pyrrole nitrogens is 1. The first-order chi connectivity index (χ1) is 8.49. The number of aromatic nitrogens is 1. The normalized spacial score (nSPS) is 14.6. The number of nitrogens with two attached hydrogens (primary N) is 1. The number of aromatic amines is 1. The van der Waals surface area contributed by atoms with Gasteiger partial charge in [-0.2, -0.15) is 0 Å². The summed E-state index contributed by atoms with van der Waals surface area (Å²) in [5.41, 5.74) is 5.61. The summed E-state index contributed by atoms with van der Waals surface area (Å²) >= 11 is 1.59. The predicted octanol–water partition coefficient (Wildman–Crippen LogP) is 2.45. The Labute approximate surface area is 110 Å². The Morgan fingerprint density at radius 1 is 1.50 bits per heavy atom. The number of aliphatic carboxylic acids is 1. The lowest BCUT2D eigenvalue weighted by atomic mass is 10.0. The number of thioether (sulfide) groups is 1. The van der Waals surface area contributed by atoms with Crippen LogP contribution in [0.1, 0.15) is 13.3 Å². The van der Waals surface area contributed by atoms with E-state index in [-0.39, 0.29) is 0 Å². The maximum absolute atomic E-state index is 10.9. The number of carbonyl (C=O) groups is 1. The van der Waals surface area contributed by atoms with E-state index >= 15 is 0 Å². The number of hydrogen-bond acceptors (Lipinski definition) is 3. The van der Waals surface area contributed by atoms with Crippen LogP contribution in [0.15, 0.2) is 35.4 Å². The molecular formula is C13H16N2O2S. The number of fused-ring (bicyclic) bond motifs is 1. The van der Waals surface area contributed by atoms with Gasteiger partial charge in [-0.05, 0) is 25.5 Å². The largest absolute Gasteiger partial charge is 0.480 e. The van der Waals surface area contributed by atoms with E-state index in [1.807, 2.05) is 24.3 Å². The molecule has 5 heteroatoms. The quantitative estimate of drug-likeness (QED) is 0.725. The van der Waals surface area contributed by atoms with Crippen LogP contribution in [0.3, 0.4) is 0 Å². The molecule has 0 aliphatic heterocycles. The molecule has 0 radical (unpaired) electrons. The number of carboxylic acid groups (broad SMARTS) is 1. The molecule has 2 aromatic rings. The maximum Gasteiger partial charge on any atom is 0.323 e. The summed E-state index contributed by atoms with van der Waals surface area (Å²) in [6.07, 6.45) is 0.433. The van der Waals surface area contributed by atoms with Crippen molar-refractivity contribution >= 4 is 28.6 Å². The first-order valence-corrected chi connectivity index (χ1v) is 6.70. The Hall–Kier alpha value is -1.46. The van der Waals surface area contributed by atoms with E-state index in [0.717, 1.165) is 15.9 Å². The highest BCUT2D eigenvalue weighted by Crippen LogP contribution is 2.24. The third kappa shape index (κ3) is 2.86. The average molecular weight is 264 g/mol. The zero-order chi connectivity index (χ0) is 13.2. The van der Waals surface area contributed by atoms with Gasteiger partial charge in [0.25, 0.3) is 0 Å². The molecule has 1 heterocycles. The van der Waals surface area contributed by atoms with Crippen molar-refractivity contribution in [3.05, 3.63) is 30.3 Å². The van der Waals surface area contributed by atoms with Crippen LogP contribution in [-0.4, -0.2) is 27.4 Å². The molecule has 96 valence electrons. The Bertz CT molecular complexity index is 530. The minimum Gasteiger partial charge on any atom is -0.480 e. The lowest BCUT2D eigenvalue weighted by Gasteiger charge is -2.17. The van der Waals surface area contributed by atoms with Crippen molar-refractivity contribution in [2.75, 3.05) is 5.75 Å². The van der Waals surface area contributed by atoms with Crippen LogP contribution in [-0.2, 0) is 4.79 Å². The first kappa shape index (κ1) is 13.0. The van der Waals surface area contributed by atoms with Crippen LogP contribution in [0.25, 0.3) is 10.9 Å². The fourth-order valence-electron chi connectivity index (χ4n) is 1.60. The summed E-state index contributed by atoms with van der Waals surface area (Å²) in [5.74, 6) is -0.286. The molecule has 1 aromatic carbocycles. The molecule has 0 aliphatic rings. The summed E-state index contributed by atoms with van der Waals surface area (Å²) in [4.78, 5) is 14.1. The van der Waals surface area contributed by atoms with Crippen LogP contribution < -0.4 is 5.73 Å². The zero-order valence-electron chi connectivity index (χ0n) is 10.1. The van der Waals surface area contributed by atoms with Crippen LogP contribution >= 0.6 is 11.8 Å². The molecule has 1 atom stereocenters. The molecule has 4 N–H and O–H groups in total. The predicted molar refractivity (Wildman–Crippen MR) is 73.9 cm³/mol. The smallest absolute Gasteiger partial charge is 0.323 e. The Balaban J connectivity index is 1.96. The van der Waals surface area contributed by atoms with Crippen molar-refractivity contribution in [3.63, 3.8) is 0 Å². The highest BCUT2D eigenvalue weighted by atomic mass is 32.2. The van der Waals surface area contributed by atoms with Crippen molar-refractivity contribution in [3.8, 4) is 0 Å². The molecular weight excluding hydrogens is 248 g/mol. The van der Waals surface area contributed by atoms with Gasteiger partial charge in [0.1, 0.15) is 5.54 Å². The lowest BCUT2D eigenvalue weighted by molar-refractivity contribution is -0.142. The monoisotopic (exact) mass is 264 g/mol. The first-order valence-electron chi connectivity index (χ1n) is 5.72. The molecule has 0 aliphatic carbocycles. The molecule has 4 nitrogen and oxygen atoms in total. The molecule has 1 aromatic heterocycles. The van der Waals surface area contributed by atoms with Gasteiger partial charge >= 0.3 is 5.97 Å². The van der Waals surface area contributed by atoms with E-state index in [1.54, 1.807) is 18.7 Å². The Morgan fingerprint density at radius 2 is 2.22 bits per heavy atom. The van der Waals surface area contributed by atoms with Gasteiger partial charge in [-0.25, -0.2) is 0 Å². The molecule has 0 amide bonds.